The van der Waals surface area contributed by atoms with Crippen molar-refractivity contribution in [1.29, 1.82) is 0 Å². The minimum atomic E-state index is -0.0826. The molecule has 3 heterocycles. The number of amides is 1. The summed E-state index contributed by atoms with van der Waals surface area (Å²) in [6.07, 6.45) is 3.93. The van der Waals surface area contributed by atoms with Crippen molar-refractivity contribution in [2.45, 2.75) is 19.4 Å². The summed E-state index contributed by atoms with van der Waals surface area (Å²) in [4.78, 5) is 22.6. The maximum Gasteiger partial charge on any atom is 0.261 e. The van der Waals surface area contributed by atoms with Gasteiger partial charge in [-0.25, -0.2) is 0 Å². The highest BCUT2D eigenvalue weighted by Crippen LogP contribution is 2.30. The molecule has 0 saturated carbocycles. The second-order valence-electron chi connectivity index (χ2n) is 6.16. The highest BCUT2D eigenvalue weighted by Gasteiger charge is 2.29. The second-order valence-corrected chi connectivity index (χ2v) is 6.16. The molecule has 26 heavy (non-hydrogen) atoms. The summed E-state index contributed by atoms with van der Waals surface area (Å²) in [5.41, 5.74) is 1.35. The van der Waals surface area contributed by atoms with E-state index in [1.54, 1.807) is 36.4 Å². The highest BCUT2D eigenvalue weighted by atomic mass is 16.5. The zero-order valence-corrected chi connectivity index (χ0v) is 14.3. The number of rotatable bonds is 4. The number of carbonyl (C=O) groups excluding carboxylic acids is 1. The molecule has 1 atom stereocenters. The van der Waals surface area contributed by atoms with E-state index in [1.807, 2.05) is 24.3 Å². The van der Waals surface area contributed by atoms with Crippen LogP contribution in [0.3, 0.4) is 0 Å². The molecule has 0 aliphatic carbocycles. The third kappa shape index (κ3) is 3.28. The molecule has 0 bridgehead atoms. The number of aromatic nitrogens is 3. The van der Waals surface area contributed by atoms with E-state index < -0.39 is 0 Å². The first-order valence-corrected chi connectivity index (χ1v) is 8.46. The molecular formula is C19H18N4O3. The maximum absolute atomic E-state index is 12.5. The van der Waals surface area contributed by atoms with Crippen LogP contribution >= 0.6 is 0 Å². The number of carbonyl (C=O) groups is 1. The Kier molecular flexibility index (Phi) is 4.35. The molecule has 2 aromatic heterocycles. The predicted octanol–water partition coefficient (Wildman–Crippen LogP) is 2.73. The van der Waals surface area contributed by atoms with Crippen LogP contribution in [0.1, 0.15) is 22.6 Å². The maximum atomic E-state index is 12.5. The monoisotopic (exact) mass is 350 g/mol. The van der Waals surface area contributed by atoms with E-state index in [0.29, 0.717) is 36.1 Å². The lowest BCUT2D eigenvalue weighted by Gasteiger charge is -2.18. The minimum Gasteiger partial charge on any atom is -0.488 e. The Hall–Kier alpha value is -3.22. The van der Waals surface area contributed by atoms with Gasteiger partial charge in [0, 0.05) is 25.4 Å². The molecule has 0 radical (unpaired) electrons. The molecule has 132 valence electrons. The van der Waals surface area contributed by atoms with Crippen molar-refractivity contribution < 1.29 is 14.1 Å². The molecular weight excluding hydrogens is 332 g/mol. The number of pyridine rings is 1. The molecule has 1 aliphatic heterocycles. The third-order valence-corrected chi connectivity index (χ3v) is 4.28. The van der Waals surface area contributed by atoms with Crippen LogP contribution in [0, 0.1) is 6.92 Å². The van der Waals surface area contributed by atoms with Crippen molar-refractivity contribution in [3.63, 3.8) is 0 Å². The van der Waals surface area contributed by atoms with Crippen LogP contribution in [-0.2, 0) is 0 Å². The summed E-state index contributed by atoms with van der Waals surface area (Å²) >= 11 is 0. The Labute approximate surface area is 150 Å². The van der Waals surface area contributed by atoms with Gasteiger partial charge in [-0.05, 0) is 31.2 Å². The Bertz CT molecular complexity index is 910. The van der Waals surface area contributed by atoms with Crippen molar-refractivity contribution >= 4 is 5.91 Å². The number of hydrogen-bond donors (Lipinski definition) is 0. The van der Waals surface area contributed by atoms with Crippen LogP contribution in [0.2, 0.25) is 0 Å². The van der Waals surface area contributed by atoms with Gasteiger partial charge in [0.1, 0.15) is 11.9 Å². The standard InChI is InChI=1S/C19H18N4O3/c1-13-21-18(26-22-13)16-6-2-3-7-17(16)25-15-8-10-23(12-15)19(24)14-5-4-9-20-11-14/h2-7,9,11,15H,8,10,12H2,1H3. The van der Waals surface area contributed by atoms with E-state index in [-0.39, 0.29) is 12.0 Å². The molecule has 0 spiro atoms. The number of aryl methyl sites for hydroxylation is 1. The van der Waals surface area contributed by atoms with E-state index in [9.17, 15) is 4.79 Å². The van der Waals surface area contributed by atoms with Crippen LogP contribution in [-0.4, -0.2) is 45.1 Å². The molecule has 3 aromatic rings. The van der Waals surface area contributed by atoms with Crippen molar-refractivity contribution in [1.82, 2.24) is 20.0 Å². The van der Waals surface area contributed by atoms with Crippen LogP contribution in [0.5, 0.6) is 5.75 Å². The number of likely N-dealkylation sites (tertiary alicyclic amines) is 1. The van der Waals surface area contributed by atoms with Crippen molar-refractivity contribution in [3.8, 4) is 17.2 Å². The molecule has 1 aliphatic rings. The molecule has 7 nitrogen and oxygen atoms in total. The Morgan fingerprint density at radius 1 is 1.27 bits per heavy atom. The summed E-state index contributed by atoms with van der Waals surface area (Å²) in [6.45, 7) is 2.96. The molecule has 4 rings (SSSR count). The molecule has 1 saturated heterocycles. The quantitative estimate of drug-likeness (QED) is 0.720. The summed E-state index contributed by atoms with van der Waals surface area (Å²) in [5, 5.41) is 3.83. The largest absolute Gasteiger partial charge is 0.488 e. The van der Waals surface area contributed by atoms with Crippen LogP contribution in [0.4, 0.5) is 0 Å². The van der Waals surface area contributed by atoms with Crippen molar-refractivity contribution in [3.05, 3.63) is 60.2 Å². The lowest BCUT2D eigenvalue weighted by molar-refractivity contribution is 0.0772. The molecule has 0 N–H and O–H groups in total. The van der Waals surface area contributed by atoms with Gasteiger partial charge < -0.3 is 14.2 Å². The van der Waals surface area contributed by atoms with Gasteiger partial charge in [0.2, 0.25) is 0 Å². The average molecular weight is 350 g/mol. The summed E-state index contributed by atoms with van der Waals surface area (Å²) in [7, 11) is 0. The fourth-order valence-corrected chi connectivity index (χ4v) is 3.01. The molecule has 1 fully saturated rings. The molecule has 7 heteroatoms. The summed E-state index contributed by atoms with van der Waals surface area (Å²) in [5.74, 6) is 1.66. The predicted molar refractivity (Wildman–Crippen MR) is 93.6 cm³/mol. The summed E-state index contributed by atoms with van der Waals surface area (Å²) < 4.78 is 11.4. The zero-order valence-electron chi connectivity index (χ0n) is 14.3. The second kappa shape index (κ2) is 6.95. The van der Waals surface area contributed by atoms with Gasteiger partial charge in [-0.1, -0.05) is 17.3 Å². The number of nitrogens with zero attached hydrogens (tertiary/aromatic N) is 4. The normalized spacial score (nSPS) is 16.7. The first-order valence-electron chi connectivity index (χ1n) is 8.46. The Balaban J connectivity index is 1.47. The lowest BCUT2D eigenvalue weighted by Crippen LogP contribution is -2.31. The number of hydrogen-bond acceptors (Lipinski definition) is 6. The molecule has 1 amide bonds. The van der Waals surface area contributed by atoms with E-state index in [2.05, 4.69) is 15.1 Å². The fraction of sp³-hybridized carbons (Fsp3) is 0.263. The van der Waals surface area contributed by atoms with E-state index in [4.69, 9.17) is 9.26 Å². The smallest absolute Gasteiger partial charge is 0.261 e. The minimum absolute atomic E-state index is 0.0231. The zero-order chi connectivity index (χ0) is 17.9. The first kappa shape index (κ1) is 16.3. The topological polar surface area (TPSA) is 81.4 Å². The van der Waals surface area contributed by atoms with Gasteiger partial charge in [0.25, 0.3) is 11.8 Å². The SMILES string of the molecule is Cc1noc(-c2ccccc2OC2CCN(C(=O)c3cccnc3)C2)n1. The van der Waals surface area contributed by atoms with Gasteiger partial charge in [0.15, 0.2) is 5.82 Å². The Morgan fingerprint density at radius 3 is 2.92 bits per heavy atom. The molecule has 1 aromatic carbocycles. The average Bonchev–Trinajstić information content (AvgIpc) is 3.31. The van der Waals surface area contributed by atoms with E-state index in [0.717, 1.165) is 12.0 Å². The fourth-order valence-electron chi connectivity index (χ4n) is 3.01. The molecule has 1 unspecified atom stereocenters. The number of benzene rings is 1. The number of ether oxygens (including phenoxy) is 1. The first-order chi connectivity index (χ1) is 12.7. The van der Waals surface area contributed by atoms with Crippen molar-refractivity contribution in [2.24, 2.45) is 0 Å². The van der Waals surface area contributed by atoms with Crippen molar-refractivity contribution in [2.75, 3.05) is 13.1 Å². The summed E-state index contributed by atoms with van der Waals surface area (Å²) in [6, 6.07) is 11.1. The third-order valence-electron chi connectivity index (χ3n) is 4.28. The number of para-hydroxylation sites is 1. The Morgan fingerprint density at radius 2 is 2.15 bits per heavy atom. The van der Waals surface area contributed by atoms with Gasteiger partial charge in [0.05, 0.1) is 17.7 Å². The van der Waals surface area contributed by atoms with E-state index >= 15 is 0 Å². The van der Waals surface area contributed by atoms with Crippen LogP contribution in [0.25, 0.3) is 11.5 Å². The van der Waals surface area contributed by atoms with E-state index in [1.165, 1.54) is 0 Å². The van der Waals surface area contributed by atoms with Gasteiger partial charge in [-0.3, -0.25) is 9.78 Å². The van der Waals surface area contributed by atoms with Gasteiger partial charge in [-0.15, -0.1) is 0 Å². The van der Waals surface area contributed by atoms with Gasteiger partial charge in [-0.2, -0.15) is 4.98 Å². The van der Waals surface area contributed by atoms with Crippen LogP contribution in [0.15, 0.2) is 53.3 Å². The highest BCUT2D eigenvalue weighted by molar-refractivity contribution is 5.94. The lowest BCUT2D eigenvalue weighted by atomic mass is 10.2. The van der Waals surface area contributed by atoms with Crippen LogP contribution < -0.4 is 4.74 Å². The van der Waals surface area contributed by atoms with Gasteiger partial charge >= 0.3 is 0 Å².